The van der Waals surface area contributed by atoms with Gasteiger partial charge in [0.25, 0.3) is 0 Å². The van der Waals surface area contributed by atoms with Crippen LogP contribution >= 0.6 is 11.3 Å². The van der Waals surface area contributed by atoms with Crippen LogP contribution in [0.2, 0.25) is 0 Å². The molecule has 0 radical (unpaired) electrons. The SMILES string of the molecule is CN=C(NCCc1cccc2cccnc12)NC(C)Cc1ccc(C)s1. The minimum Gasteiger partial charge on any atom is -0.356 e. The number of thiophene rings is 1. The average Bonchev–Trinajstić information content (AvgIpc) is 3.05. The number of pyridine rings is 1. The molecule has 1 atom stereocenters. The van der Waals surface area contributed by atoms with E-state index < -0.39 is 0 Å². The summed E-state index contributed by atoms with van der Waals surface area (Å²) in [7, 11) is 1.82. The van der Waals surface area contributed by atoms with Crippen LogP contribution in [-0.2, 0) is 12.8 Å². The number of guanidine groups is 1. The van der Waals surface area contributed by atoms with Crippen molar-refractivity contribution in [2.45, 2.75) is 32.7 Å². The Kier molecular flexibility index (Phi) is 6.23. The first-order chi connectivity index (χ1) is 12.7. The van der Waals surface area contributed by atoms with Crippen molar-refractivity contribution >= 4 is 28.2 Å². The minimum absolute atomic E-state index is 0.332. The lowest BCUT2D eigenvalue weighted by atomic mass is 10.1. The van der Waals surface area contributed by atoms with Crippen molar-refractivity contribution in [1.29, 1.82) is 0 Å². The van der Waals surface area contributed by atoms with Crippen molar-refractivity contribution in [2.75, 3.05) is 13.6 Å². The van der Waals surface area contributed by atoms with Gasteiger partial charge < -0.3 is 10.6 Å². The number of hydrogen-bond acceptors (Lipinski definition) is 3. The first-order valence-corrected chi connectivity index (χ1v) is 9.82. The molecule has 2 N–H and O–H groups in total. The summed E-state index contributed by atoms with van der Waals surface area (Å²) >= 11 is 1.86. The molecule has 0 aliphatic carbocycles. The van der Waals surface area contributed by atoms with Gasteiger partial charge in [-0.2, -0.15) is 0 Å². The van der Waals surface area contributed by atoms with Gasteiger partial charge in [-0.25, -0.2) is 0 Å². The number of nitrogens with one attached hydrogen (secondary N) is 2. The fourth-order valence-electron chi connectivity index (χ4n) is 3.06. The maximum Gasteiger partial charge on any atom is 0.191 e. The van der Waals surface area contributed by atoms with E-state index in [1.54, 1.807) is 0 Å². The van der Waals surface area contributed by atoms with E-state index in [9.17, 15) is 0 Å². The van der Waals surface area contributed by atoms with Crippen molar-refractivity contribution in [3.05, 3.63) is 64.0 Å². The van der Waals surface area contributed by atoms with Crippen LogP contribution < -0.4 is 10.6 Å². The smallest absolute Gasteiger partial charge is 0.191 e. The lowest BCUT2D eigenvalue weighted by Crippen LogP contribution is -2.43. The van der Waals surface area contributed by atoms with Gasteiger partial charge in [0, 0.05) is 47.4 Å². The summed E-state index contributed by atoms with van der Waals surface area (Å²) in [4.78, 5) is 11.6. The molecular formula is C21H26N4S. The van der Waals surface area contributed by atoms with Gasteiger partial charge in [-0.1, -0.05) is 24.3 Å². The molecule has 0 saturated heterocycles. The topological polar surface area (TPSA) is 49.3 Å². The number of hydrogen-bond donors (Lipinski definition) is 2. The maximum absolute atomic E-state index is 4.52. The van der Waals surface area contributed by atoms with Crippen LogP contribution in [-0.4, -0.2) is 30.6 Å². The quantitative estimate of drug-likeness (QED) is 0.513. The standard InChI is InChI=1S/C21H26N4S/c1-15(14-19-10-9-16(2)26-19)25-21(22-3)24-13-11-18-7-4-6-17-8-5-12-23-20(17)18/h4-10,12,15H,11,13-14H2,1-3H3,(H2,22,24,25). The molecule has 4 nitrogen and oxygen atoms in total. The van der Waals surface area contributed by atoms with Crippen LogP contribution in [0.1, 0.15) is 22.2 Å². The third-order valence-electron chi connectivity index (χ3n) is 4.31. The molecule has 3 aromatic rings. The van der Waals surface area contributed by atoms with Crippen LogP contribution in [0, 0.1) is 6.92 Å². The summed E-state index contributed by atoms with van der Waals surface area (Å²) in [5.41, 5.74) is 2.34. The average molecular weight is 367 g/mol. The zero-order chi connectivity index (χ0) is 18.4. The lowest BCUT2D eigenvalue weighted by Gasteiger charge is -2.17. The molecular weight excluding hydrogens is 340 g/mol. The minimum atomic E-state index is 0.332. The van der Waals surface area contributed by atoms with E-state index in [0.717, 1.165) is 30.9 Å². The van der Waals surface area contributed by atoms with Crippen molar-refractivity contribution < 1.29 is 0 Å². The van der Waals surface area contributed by atoms with Crippen molar-refractivity contribution in [3.63, 3.8) is 0 Å². The van der Waals surface area contributed by atoms with Gasteiger partial charge in [0.05, 0.1) is 5.52 Å². The Bertz CT molecular complexity index is 879. The third kappa shape index (κ3) is 4.82. The Balaban J connectivity index is 1.52. The highest BCUT2D eigenvalue weighted by molar-refractivity contribution is 7.11. The van der Waals surface area contributed by atoms with Crippen LogP contribution in [0.5, 0.6) is 0 Å². The molecule has 2 heterocycles. The highest BCUT2D eigenvalue weighted by Crippen LogP contribution is 2.17. The van der Waals surface area contributed by atoms with E-state index in [2.05, 4.69) is 70.9 Å². The molecule has 1 aromatic carbocycles. The van der Waals surface area contributed by atoms with Gasteiger partial charge in [0.2, 0.25) is 0 Å². The van der Waals surface area contributed by atoms with Crippen LogP contribution in [0.15, 0.2) is 53.7 Å². The number of para-hydroxylation sites is 1. The zero-order valence-corrected chi connectivity index (χ0v) is 16.4. The Morgan fingerprint density at radius 1 is 1.19 bits per heavy atom. The van der Waals surface area contributed by atoms with Crippen LogP contribution in [0.25, 0.3) is 10.9 Å². The number of aromatic nitrogens is 1. The molecule has 0 fully saturated rings. The van der Waals surface area contributed by atoms with Crippen molar-refractivity contribution in [3.8, 4) is 0 Å². The summed E-state index contributed by atoms with van der Waals surface area (Å²) in [6, 6.07) is 15.2. The normalized spacial score (nSPS) is 13.0. The molecule has 0 spiro atoms. The van der Waals surface area contributed by atoms with Gasteiger partial charge in [0.1, 0.15) is 0 Å². The molecule has 0 amide bonds. The Morgan fingerprint density at radius 2 is 2.04 bits per heavy atom. The summed E-state index contributed by atoms with van der Waals surface area (Å²) in [5, 5.41) is 8.08. The molecule has 3 rings (SSSR count). The predicted octanol–water partition coefficient (Wildman–Crippen LogP) is 3.94. The molecule has 136 valence electrons. The fraction of sp³-hybridized carbons (Fsp3) is 0.333. The summed E-state index contributed by atoms with van der Waals surface area (Å²) in [6.45, 7) is 5.16. The van der Waals surface area contributed by atoms with E-state index in [4.69, 9.17) is 0 Å². The van der Waals surface area contributed by atoms with Gasteiger partial charge in [-0.3, -0.25) is 9.98 Å². The second kappa shape index (κ2) is 8.81. The number of nitrogens with zero attached hydrogens (tertiary/aromatic N) is 2. The second-order valence-corrected chi connectivity index (χ2v) is 7.88. The predicted molar refractivity (Wildman–Crippen MR) is 112 cm³/mol. The molecule has 0 bridgehead atoms. The molecule has 26 heavy (non-hydrogen) atoms. The van der Waals surface area contributed by atoms with E-state index in [1.807, 2.05) is 30.6 Å². The molecule has 0 aliphatic rings. The monoisotopic (exact) mass is 366 g/mol. The van der Waals surface area contributed by atoms with Gasteiger partial charge in [-0.15, -0.1) is 11.3 Å². The van der Waals surface area contributed by atoms with Gasteiger partial charge >= 0.3 is 0 Å². The first kappa shape index (κ1) is 18.4. The fourth-order valence-corrected chi connectivity index (χ4v) is 4.08. The zero-order valence-electron chi connectivity index (χ0n) is 15.6. The molecule has 0 saturated carbocycles. The maximum atomic E-state index is 4.52. The second-order valence-electron chi connectivity index (χ2n) is 6.50. The Morgan fingerprint density at radius 3 is 2.81 bits per heavy atom. The number of fused-ring (bicyclic) bond motifs is 1. The highest BCUT2D eigenvalue weighted by atomic mass is 32.1. The number of aryl methyl sites for hydroxylation is 1. The van der Waals surface area contributed by atoms with Gasteiger partial charge in [0.15, 0.2) is 5.96 Å². The molecule has 2 aromatic heterocycles. The van der Waals surface area contributed by atoms with Crippen LogP contribution in [0.4, 0.5) is 0 Å². The molecule has 1 unspecified atom stereocenters. The number of benzene rings is 1. The van der Waals surface area contributed by atoms with E-state index in [-0.39, 0.29) is 0 Å². The van der Waals surface area contributed by atoms with Crippen LogP contribution in [0.3, 0.4) is 0 Å². The molecule has 5 heteroatoms. The van der Waals surface area contributed by atoms with E-state index in [0.29, 0.717) is 6.04 Å². The lowest BCUT2D eigenvalue weighted by molar-refractivity contribution is 0.645. The van der Waals surface area contributed by atoms with E-state index in [1.165, 1.54) is 20.7 Å². The summed E-state index contributed by atoms with van der Waals surface area (Å²) in [6.07, 6.45) is 3.77. The van der Waals surface area contributed by atoms with Crippen molar-refractivity contribution in [2.24, 2.45) is 4.99 Å². The first-order valence-electron chi connectivity index (χ1n) is 9.01. The Hall–Kier alpha value is -2.40. The number of rotatable bonds is 6. The van der Waals surface area contributed by atoms with Crippen molar-refractivity contribution in [1.82, 2.24) is 15.6 Å². The van der Waals surface area contributed by atoms with E-state index >= 15 is 0 Å². The summed E-state index contributed by atoms with van der Waals surface area (Å²) in [5.74, 6) is 0.846. The van der Waals surface area contributed by atoms with Gasteiger partial charge in [-0.05, 0) is 44.0 Å². The molecule has 0 aliphatic heterocycles. The Labute approximate surface area is 159 Å². The number of aliphatic imine (C=N–C) groups is 1. The largest absolute Gasteiger partial charge is 0.356 e. The summed E-state index contributed by atoms with van der Waals surface area (Å²) < 4.78 is 0. The third-order valence-corrected chi connectivity index (χ3v) is 5.34. The highest BCUT2D eigenvalue weighted by Gasteiger charge is 2.08.